The fourth-order valence-electron chi connectivity index (χ4n) is 3.62. The number of fused-ring (bicyclic) bond motifs is 1. The lowest BCUT2D eigenvalue weighted by molar-refractivity contribution is 0.0437. The Balaban J connectivity index is 1.92. The van der Waals surface area contributed by atoms with Crippen molar-refractivity contribution in [1.82, 2.24) is 4.90 Å². The number of anilines is 1. The zero-order chi connectivity index (χ0) is 20.0. The molecule has 1 aliphatic heterocycles. The van der Waals surface area contributed by atoms with Crippen molar-refractivity contribution in [3.8, 4) is 5.75 Å². The van der Waals surface area contributed by atoms with Crippen molar-refractivity contribution in [3.05, 3.63) is 59.7 Å². The number of benzene rings is 2. The number of ether oxygens (including phenoxy) is 2. The third kappa shape index (κ3) is 4.14. The largest absolute Gasteiger partial charge is 0.494 e. The Morgan fingerprint density at radius 1 is 1.07 bits per heavy atom. The summed E-state index contributed by atoms with van der Waals surface area (Å²) >= 11 is 0. The molecule has 28 heavy (non-hydrogen) atoms. The molecule has 1 atom stereocenters. The third-order valence-electron chi connectivity index (χ3n) is 5.25. The van der Waals surface area contributed by atoms with Crippen LogP contribution in [0.2, 0.25) is 0 Å². The number of hydrogen-bond donors (Lipinski definition) is 1. The first-order chi connectivity index (χ1) is 13.6. The Labute approximate surface area is 167 Å². The highest BCUT2D eigenvalue weighted by molar-refractivity contribution is 6.02. The average Bonchev–Trinajstić information content (AvgIpc) is 2.71. The molecule has 0 saturated heterocycles. The van der Waals surface area contributed by atoms with Crippen molar-refractivity contribution in [2.24, 2.45) is 0 Å². The monoisotopic (exact) mass is 382 g/mol. The van der Waals surface area contributed by atoms with Crippen molar-refractivity contribution < 1.29 is 14.3 Å². The second kappa shape index (κ2) is 9.11. The van der Waals surface area contributed by atoms with Crippen LogP contribution >= 0.6 is 0 Å². The van der Waals surface area contributed by atoms with Crippen molar-refractivity contribution in [1.29, 1.82) is 0 Å². The first-order valence-corrected chi connectivity index (χ1v) is 10.0. The number of para-hydroxylation sites is 1. The lowest BCUT2D eigenvalue weighted by atomic mass is 9.93. The molecular weight excluding hydrogens is 352 g/mol. The van der Waals surface area contributed by atoms with Crippen LogP contribution in [-0.2, 0) is 10.4 Å². The van der Waals surface area contributed by atoms with Gasteiger partial charge in [-0.1, -0.05) is 44.0 Å². The van der Waals surface area contributed by atoms with E-state index in [-0.39, 0.29) is 5.91 Å². The van der Waals surface area contributed by atoms with Crippen LogP contribution in [0.1, 0.15) is 49.0 Å². The second-order valence-electron chi connectivity index (χ2n) is 7.28. The molecule has 5 nitrogen and oxygen atoms in total. The van der Waals surface area contributed by atoms with Gasteiger partial charge in [0.05, 0.1) is 18.8 Å². The predicted octanol–water partition coefficient (Wildman–Crippen LogP) is 4.64. The third-order valence-corrected chi connectivity index (χ3v) is 5.25. The van der Waals surface area contributed by atoms with Gasteiger partial charge >= 0.3 is 0 Å². The van der Waals surface area contributed by atoms with Gasteiger partial charge in [0.25, 0.3) is 5.91 Å². The maximum atomic E-state index is 13.2. The molecule has 150 valence electrons. The Bertz CT molecular complexity index is 808. The number of methoxy groups -OCH3 is 1. The van der Waals surface area contributed by atoms with Crippen LogP contribution in [-0.4, -0.2) is 37.7 Å². The highest BCUT2D eigenvalue weighted by Gasteiger charge is 2.42. The van der Waals surface area contributed by atoms with Gasteiger partial charge in [0.15, 0.2) is 0 Å². The molecule has 1 N–H and O–H groups in total. The van der Waals surface area contributed by atoms with Crippen molar-refractivity contribution in [3.63, 3.8) is 0 Å². The summed E-state index contributed by atoms with van der Waals surface area (Å²) < 4.78 is 11.2. The number of carbonyl (C=O) groups is 1. The minimum atomic E-state index is -0.688. The van der Waals surface area contributed by atoms with Crippen LogP contribution in [0.15, 0.2) is 48.5 Å². The molecule has 0 bridgehead atoms. The predicted molar refractivity (Wildman–Crippen MR) is 112 cm³/mol. The van der Waals surface area contributed by atoms with E-state index in [2.05, 4.69) is 12.2 Å². The van der Waals surface area contributed by atoms with Gasteiger partial charge in [0.1, 0.15) is 11.4 Å². The molecule has 0 saturated carbocycles. The Morgan fingerprint density at radius 3 is 2.68 bits per heavy atom. The number of carbonyl (C=O) groups excluding carboxylic acids is 1. The fraction of sp³-hybridized carbons (Fsp3) is 0.435. The highest BCUT2D eigenvalue weighted by atomic mass is 16.5. The standard InChI is InChI=1S/C23H30N2O3/c1-4-5-8-15-28-19-11-9-10-18(17-19)23(2)24-21-13-7-6-12-20(21)22(26)25(23)14-16-27-3/h6-7,9-13,17,24H,4-5,8,14-16H2,1-3H3. The van der Waals surface area contributed by atoms with Gasteiger partial charge in [-0.3, -0.25) is 4.79 Å². The van der Waals surface area contributed by atoms with E-state index >= 15 is 0 Å². The molecule has 1 heterocycles. The summed E-state index contributed by atoms with van der Waals surface area (Å²) in [5.41, 5.74) is 1.83. The molecule has 2 aromatic carbocycles. The van der Waals surface area contributed by atoms with E-state index in [0.717, 1.165) is 29.8 Å². The maximum Gasteiger partial charge on any atom is 0.258 e. The van der Waals surface area contributed by atoms with E-state index in [9.17, 15) is 4.79 Å². The highest BCUT2D eigenvalue weighted by Crippen LogP contribution is 2.38. The van der Waals surface area contributed by atoms with Crippen molar-refractivity contribution in [2.75, 3.05) is 32.2 Å². The van der Waals surface area contributed by atoms with E-state index < -0.39 is 5.66 Å². The number of amides is 1. The van der Waals surface area contributed by atoms with Gasteiger partial charge < -0.3 is 19.7 Å². The first-order valence-electron chi connectivity index (χ1n) is 10.0. The number of nitrogens with one attached hydrogen (secondary N) is 1. The minimum Gasteiger partial charge on any atom is -0.494 e. The van der Waals surface area contributed by atoms with Crippen LogP contribution < -0.4 is 10.1 Å². The number of nitrogens with zero attached hydrogens (tertiary/aromatic N) is 1. The number of rotatable bonds is 9. The lowest BCUT2D eigenvalue weighted by Gasteiger charge is -2.46. The maximum absolute atomic E-state index is 13.2. The van der Waals surface area contributed by atoms with E-state index in [1.165, 1.54) is 6.42 Å². The molecule has 0 aromatic heterocycles. The molecule has 1 unspecified atom stereocenters. The van der Waals surface area contributed by atoms with E-state index in [0.29, 0.717) is 25.3 Å². The summed E-state index contributed by atoms with van der Waals surface area (Å²) in [7, 11) is 1.65. The molecule has 1 aliphatic rings. The summed E-state index contributed by atoms with van der Waals surface area (Å²) in [6.07, 6.45) is 3.37. The van der Waals surface area contributed by atoms with Crippen LogP contribution in [0.25, 0.3) is 0 Å². The zero-order valence-corrected chi connectivity index (χ0v) is 17.0. The molecule has 2 aromatic rings. The first kappa shape index (κ1) is 20.2. The summed E-state index contributed by atoms with van der Waals surface area (Å²) in [6, 6.07) is 15.7. The van der Waals surface area contributed by atoms with Crippen LogP contribution in [0.4, 0.5) is 5.69 Å². The summed E-state index contributed by atoms with van der Waals surface area (Å²) in [6.45, 7) is 5.89. The lowest BCUT2D eigenvalue weighted by Crippen LogP contribution is -2.56. The summed E-state index contributed by atoms with van der Waals surface area (Å²) in [5.74, 6) is 0.831. The van der Waals surface area contributed by atoms with Crippen molar-refractivity contribution in [2.45, 2.75) is 38.8 Å². The summed E-state index contributed by atoms with van der Waals surface area (Å²) in [4.78, 5) is 15.1. The molecule has 5 heteroatoms. The molecule has 0 aliphatic carbocycles. The van der Waals surface area contributed by atoms with Gasteiger partial charge in [-0.2, -0.15) is 0 Å². The minimum absolute atomic E-state index is 0.00293. The van der Waals surface area contributed by atoms with Crippen molar-refractivity contribution >= 4 is 11.6 Å². The van der Waals surface area contributed by atoms with E-state index in [1.807, 2.05) is 60.4 Å². The van der Waals surface area contributed by atoms with E-state index in [4.69, 9.17) is 9.47 Å². The zero-order valence-electron chi connectivity index (χ0n) is 17.0. The Kier molecular flexibility index (Phi) is 6.57. The number of unbranched alkanes of at least 4 members (excludes halogenated alkanes) is 2. The van der Waals surface area contributed by atoms with Crippen LogP contribution in [0, 0.1) is 0 Å². The molecule has 1 amide bonds. The normalized spacial score (nSPS) is 18.5. The molecule has 3 rings (SSSR count). The fourth-order valence-corrected chi connectivity index (χ4v) is 3.62. The molecule has 0 radical (unpaired) electrons. The van der Waals surface area contributed by atoms with Gasteiger partial charge in [-0.05, 0) is 37.6 Å². The van der Waals surface area contributed by atoms with Gasteiger partial charge in [0.2, 0.25) is 0 Å². The Hall–Kier alpha value is -2.53. The smallest absolute Gasteiger partial charge is 0.258 e. The van der Waals surface area contributed by atoms with E-state index in [1.54, 1.807) is 7.11 Å². The number of hydrogen-bond acceptors (Lipinski definition) is 4. The second-order valence-corrected chi connectivity index (χ2v) is 7.28. The van der Waals surface area contributed by atoms with Crippen LogP contribution in [0.5, 0.6) is 5.75 Å². The molecular formula is C23H30N2O3. The summed E-state index contributed by atoms with van der Waals surface area (Å²) in [5, 5.41) is 3.58. The van der Waals surface area contributed by atoms with Crippen LogP contribution in [0.3, 0.4) is 0 Å². The quantitative estimate of drug-likeness (QED) is 0.642. The molecule has 0 spiro atoms. The average molecular weight is 383 g/mol. The SMILES string of the molecule is CCCCCOc1cccc(C2(C)Nc3ccccc3C(=O)N2CCOC)c1. The molecule has 0 fully saturated rings. The van der Waals surface area contributed by atoms with Gasteiger partial charge in [-0.25, -0.2) is 0 Å². The van der Waals surface area contributed by atoms with Gasteiger partial charge in [-0.15, -0.1) is 0 Å². The van der Waals surface area contributed by atoms with Gasteiger partial charge in [0, 0.05) is 24.9 Å². The topological polar surface area (TPSA) is 50.8 Å². The Morgan fingerprint density at radius 2 is 1.89 bits per heavy atom.